The predicted octanol–water partition coefficient (Wildman–Crippen LogP) is 2.85. The highest BCUT2D eigenvalue weighted by molar-refractivity contribution is 7.89. The minimum Gasteiger partial charge on any atom is -0.494 e. The fraction of sp³-hybridized carbons (Fsp3) is 0.632. The van der Waals surface area contributed by atoms with Gasteiger partial charge in [0, 0.05) is 31.7 Å². The van der Waals surface area contributed by atoms with Gasteiger partial charge in [-0.1, -0.05) is 20.8 Å². The van der Waals surface area contributed by atoms with Crippen molar-refractivity contribution in [1.29, 1.82) is 0 Å². The zero-order valence-electron chi connectivity index (χ0n) is 16.8. The molecule has 1 aliphatic heterocycles. The third kappa shape index (κ3) is 4.93. The molecule has 0 radical (unpaired) electrons. The molecule has 7 nitrogen and oxygen atoms in total. The van der Waals surface area contributed by atoms with Gasteiger partial charge in [0.15, 0.2) is 0 Å². The topological polar surface area (TPSA) is 76.2 Å². The number of hydrogen-bond acceptors (Lipinski definition) is 5. The van der Waals surface area contributed by atoms with Crippen LogP contribution in [0.4, 0.5) is 4.79 Å². The zero-order valence-corrected chi connectivity index (χ0v) is 17.6. The Bertz CT molecular complexity index is 763. The quantitative estimate of drug-likeness (QED) is 0.762. The molecule has 1 aromatic rings. The third-order valence-corrected chi connectivity index (χ3v) is 6.36. The van der Waals surface area contributed by atoms with Gasteiger partial charge in [0.05, 0.1) is 18.1 Å². The van der Waals surface area contributed by atoms with Crippen LogP contribution in [-0.2, 0) is 20.2 Å². The summed E-state index contributed by atoms with van der Waals surface area (Å²) in [4.78, 5) is 13.6. The largest absolute Gasteiger partial charge is 0.494 e. The van der Waals surface area contributed by atoms with E-state index in [1.165, 1.54) is 9.21 Å². The lowest BCUT2D eigenvalue weighted by atomic mass is 9.86. The first-order valence-electron chi connectivity index (χ1n) is 9.30. The van der Waals surface area contributed by atoms with Crippen molar-refractivity contribution in [3.63, 3.8) is 0 Å². The maximum Gasteiger partial charge on any atom is 0.409 e. The molecule has 8 heteroatoms. The Morgan fingerprint density at radius 2 is 1.70 bits per heavy atom. The Kier molecular flexibility index (Phi) is 6.75. The summed E-state index contributed by atoms with van der Waals surface area (Å²) in [5.41, 5.74) is 0.606. The predicted molar refractivity (Wildman–Crippen MR) is 104 cm³/mol. The van der Waals surface area contributed by atoms with Crippen LogP contribution in [0.25, 0.3) is 0 Å². The summed E-state index contributed by atoms with van der Waals surface area (Å²) in [5, 5.41) is 0. The second kappa shape index (κ2) is 8.48. The van der Waals surface area contributed by atoms with Crippen LogP contribution in [0.2, 0.25) is 0 Å². The molecule has 0 aromatic heterocycles. The molecule has 0 N–H and O–H groups in total. The highest BCUT2D eigenvalue weighted by Gasteiger charge is 2.32. The van der Waals surface area contributed by atoms with Crippen molar-refractivity contribution >= 4 is 16.1 Å². The molecule has 152 valence electrons. The van der Waals surface area contributed by atoms with E-state index in [0.29, 0.717) is 32.1 Å². The van der Waals surface area contributed by atoms with Crippen LogP contribution in [0.5, 0.6) is 5.75 Å². The van der Waals surface area contributed by atoms with Crippen molar-refractivity contribution < 1.29 is 22.7 Å². The lowest BCUT2D eigenvalue weighted by Gasteiger charge is -2.33. The molecular weight excluding hydrogens is 368 g/mol. The standard InChI is InChI=1S/C19H30N2O5S/c1-6-25-17-9-8-15(14-16(17)19(3,4)5)27(23,24)21-12-10-20(11-13-21)18(22)26-7-2/h8-9,14H,6-7,10-13H2,1-5H3. The van der Waals surface area contributed by atoms with E-state index < -0.39 is 16.1 Å². The number of nitrogens with zero attached hydrogens (tertiary/aromatic N) is 2. The fourth-order valence-electron chi connectivity index (χ4n) is 3.01. The highest BCUT2D eigenvalue weighted by atomic mass is 32.2. The van der Waals surface area contributed by atoms with Crippen LogP contribution in [0.3, 0.4) is 0 Å². The van der Waals surface area contributed by atoms with E-state index in [2.05, 4.69) is 0 Å². The number of hydrogen-bond donors (Lipinski definition) is 0. The minimum atomic E-state index is -3.64. The van der Waals surface area contributed by atoms with E-state index >= 15 is 0 Å². The summed E-state index contributed by atoms with van der Waals surface area (Å²) in [7, 11) is -3.64. The average molecular weight is 399 g/mol. The number of ether oxygens (including phenoxy) is 2. The number of rotatable bonds is 5. The van der Waals surface area contributed by atoms with E-state index in [1.54, 1.807) is 25.1 Å². The molecule has 1 aliphatic rings. The molecule has 0 aliphatic carbocycles. The van der Waals surface area contributed by atoms with E-state index in [0.717, 1.165) is 5.56 Å². The summed E-state index contributed by atoms with van der Waals surface area (Å²) < 4.78 is 38.3. The molecule has 1 aromatic carbocycles. The summed E-state index contributed by atoms with van der Waals surface area (Å²) in [5.74, 6) is 0.705. The Morgan fingerprint density at radius 1 is 1.07 bits per heavy atom. The van der Waals surface area contributed by atoms with Crippen LogP contribution in [0.1, 0.15) is 40.2 Å². The first-order valence-corrected chi connectivity index (χ1v) is 10.7. The highest BCUT2D eigenvalue weighted by Crippen LogP contribution is 2.34. The SMILES string of the molecule is CCOC(=O)N1CCN(S(=O)(=O)c2ccc(OCC)c(C(C)(C)C)c2)CC1. The van der Waals surface area contributed by atoms with Crippen LogP contribution in [0, 0.1) is 0 Å². The van der Waals surface area contributed by atoms with E-state index in [9.17, 15) is 13.2 Å². The van der Waals surface area contributed by atoms with Gasteiger partial charge in [-0.2, -0.15) is 4.31 Å². The Hall–Kier alpha value is -1.80. The van der Waals surface area contributed by atoms with Crippen molar-refractivity contribution in [3.8, 4) is 5.75 Å². The van der Waals surface area contributed by atoms with Crippen LogP contribution >= 0.6 is 0 Å². The van der Waals surface area contributed by atoms with E-state index in [-0.39, 0.29) is 23.4 Å². The Labute approximate surface area is 162 Å². The van der Waals surface area contributed by atoms with E-state index in [1.807, 2.05) is 27.7 Å². The smallest absolute Gasteiger partial charge is 0.409 e. The second-order valence-corrected chi connectivity index (χ2v) is 9.37. The van der Waals surface area contributed by atoms with Gasteiger partial charge in [-0.25, -0.2) is 13.2 Å². The van der Waals surface area contributed by atoms with Crippen LogP contribution in [-0.4, -0.2) is 63.1 Å². The lowest BCUT2D eigenvalue weighted by Crippen LogP contribution is -2.50. The summed E-state index contributed by atoms with van der Waals surface area (Å²) in [6.45, 7) is 11.7. The number of amides is 1. The number of sulfonamides is 1. The van der Waals surface area contributed by atoms with Crippen molar-refractivity contribution in [2.45, 2.75) is 44.9 Å². The number of benzene rings is 1. The first-order chi connectivity index (χ1) is 12.6. The monoisotopic (exact) mass is 398 g/mol. The van der Waals surface area contributed by atoms with Gasteiger partial charge in [0.25, 0.3) is 0 Å². The number of piperazine rings is 1. The first kappa shape index (κ1) is 21.5. The van der Waals surface area contributed by atoms with Crippen molar-refractivity contribution in [1.82, 2.24) is 9.21 Å². The molecule has 1 saturated heterocycles. The maximum atomic E-state index is 13.1. The molecule has 27 heavy (non-hydrogen) atoms. The molecule has 2 rings (SSSR count). The normalized spacial score (nSPS) is 16.3. The molecule has 0 spiro atoms. The summed E-state index contributed by atoms with van der Waals surface area (Å²) >= 11 is 0. The molecule has 0 unspecified atom stereocenters. The summed E-state index contributed by atoms with van der Waals surface area (Å²) in [6, 6.07) is 5.02. The lowest BCUT2D eigenvalue weighted by molar-refractivity contribution is 0.0934. The molecule has 0 saturated carbocycles. The molecular formula is C19H30N2O5S. The van der Waals surface area contributed by atoms with E-state index in [4.69, 9.17) is 9.47 Å². The van der Waals surface area contributed by atoms with Gasteiger partial charge in [0.2, 0.25) is 10.0 Å². The van der Waals surface area contributed by atoms with Crippen LogP contribution < -0.4 is 4.74 Å². The van der Waals surface area contributed by atoms with Gasteiger partial charge in [-0.05, 0) is 37.5 Å². The van der Waals surface area contributed by atoms with Crippen LogP contribution in [0.15, 0.2) is 23.1 Å². The second-order valence-electron chi connectivity index (χ2n) is 7.43. The number of carbonyl (C=O) groups is 1. The summed E-state index contributed by atoms with van der Waals surface area (Å²) in [6.07, 6.45) is -0.398. The average Bonchev–Trinajstić information content (AvgIpc) is 2.61. The molecule has 0 bridgehead atoms. The third-order valence-electron chi connectivity index (χ3n) is 4.46. The Morgan fingerprint density at radius 3 is 2.22 bits per heavy atom. The van der Waals surface area contributed by atoms with Crippen molar-refractivity contribution in [3.05, 3.63) is 23.8 Å². The van der Waals surface area contributed by atoms with Gasteiger partial charge in [0.1, 0.15) is 5.75 Å². The Balaban J connectivity index is 2.23. The van der Waals surface area contributed by atoms with Gasteiger partial charge >= 0.3 is 6.09 Å². The minimum absolute atomic E-state index is 0.249. The maximum absolute atomic E-state index is 13.1. The number of carbonyl (C=O) groups excluding carboxylic acids is 1. The molecule has 1 heterocycles. The van der Waals surface area contributed by atoms with Gasteiger partial charge in [-0.3, -0.25) is 0 Å². The van der Waals surface area contributed by atoms with Crippen molar-refractivity contribution in [2.24, 2.45) is 0 Å². The van der Waals surface area contributed by atoms with Gasteiger partial charge in [-0.15, -0.1) is 0 Å². The van der Waals surface area contributed by atoms with Crippen molar-refractivity contribution in [2.75, 3.05) is 39.4 Å². The van der Waals surface area contributed by atoms with Gasteiger partial charge < -0.3 is 14.4 Å². The zero-order chi connectivity index (χ0) is 20.2. The molecule has 1 amide bonds. The molecule has 0 atom stereocenters. The molecule has 1 fully saturated rings. The fourth-order valence-corrected chi connectivity index (χ4v) is 4.46.